The van der Waals surface area contributed by atoms with Gasteiger partial charge in [0.15, 0.2) is 0 Å². The maximum absolute atomic E-state index is 12.4. The van der Waals surface area contributed by atoms with Crippen LogP contribution in [-0.4, -0.2) is 75.8 Å². The maximum atomic E-state index is 12.4. The van der Waals surface area contributed by atoms with Crippen LogP contribution in [0.1, 0.15) is 19.8 Å². The van der Waals surface area contributed by atoms with Crippen molar-refractivity contribution < 1.29 is 22.7 Å². The predicted octanol–water partition coefficient (Wildman–Crippen LogP) is 2.19. The molecule has 0 saturated carbocycles. The van der Waals surface area contributed by atoms with Crippen LogP contribution in [0, 0.1) is 0 Å². The van der Waals surface area contributed by atoms with Crippen LogP contribution in [0.15, 0.2) is 24.3 Å². The first kappa shape index (κ1) is 22.3. The topological polar surface area (TPSA) is 87.2 Å². The maximum Gasteiger partial charge on any atom is 0.409 e. The second-order valence-corrected chi connectivity index (χ2v) is 8.83. The lowest BCUT2D eigenvalue weighted by molar-refractivity contribution is -0.132. The van der Waals surface area contributed by atoms with Crippen molar-refractivity contribution in [3.63, 3.8) is 0 Å². The van der Waals surface area contributed by atoms with E-state index in [1.807, 2.05) is 0 Å². The summed E-state index contributed by atoms with van der Waals surface area (Å²) in [4.78, 5) is 27.4. The number of rotatable bonds is 7. The molecule has 2 rings (SSSR count). The van der Waals surface area contributed by atoms with E-state index in [-0.39, 0.29) is 25.0 Å². The highest BCUT2D eigenvalue weighted by atomic mass is 35.5. The SMILES string of the molecule is CCOC(=O)N1CCN(C(=O)CCCN(c2cccc(Cl)c2)S(C)(=O)=O)CC1. The summed E-state index contributed by atoms with van der Waals surface area (Å²) in [6.45, 7) is 4.02. The number of hydrogen-bond donors (Lipinski definition) is 0. The Morgan fingerprint density at radius 3 is 2.39 bits per heavy atom. The number of ether oxygens (including phenoxy) is 1. The van der Waals surface area contributed by atoms with E-state index in [2.05, 4.69) is 0 Å². The molecule has 0 aromatic heterocycles. The van der Waals surface area contributed by atoms with E-state index >= 15 is 0 Å². The molecule has 0 radical (unpaired) electrons. The van der Waals surface area contributed by atoms with Crippen LogP contribution >= 0.6 is 11.6 Å². The van der Waals surface area contributed by atoms with Gasteiger partial charge < -0.3 is 14.5 Å². The highest BCUT2D eigenvalue weighted by Crippen LogP contribution is 2.22. The molecule has 1 fully saturated rings. The standard InChI is InChI=1S/C18H26ClN3O5S/c1-3-27-18(24)21-12-10-20(11-13-21)17(23)8-5-9-22(28(2,25)26)16-7-4-6-15(19)14-16/h4,6-7,14H,3,5,8-13H2,1-2H3. The lowest BCUT2D eigenvalue weighted by Crippen LogP contribution is -2.50. The fourth-order valence-corrected chi connectivity index (χ4v) is 4.14. The minimum Gasteiger partial charge on any atom is -0.450 e. The number of sulfonamides is 1. The zero-order valence-electron chi connectivity index (χ0n) is 16.1. The second kappa shape index (κ2) is 9.97. The number of piperazine rings is 1. The highest BCUT2D eigenvalue weighted by Gasteiger charge is 2.25. The van der Waals surface area contributed by atoms with Crippen LogP contribution in [0.4, 0.5) is 10.5 Å². The molecule has 10 heteroatoms. The molecule has 1 saturated heterocycles. The molecule has 1 aromatic carbocycles. The number of benzene rings is 1. The van der Waals surface area contributed by atoms with Crippen molar-refractivity contribution in [3.8, 4) is 0 Å². The van der Waals surface area contributed by atoms with Gasteiger partial charge in [-0.2, -0.15) is 0 Å². The first-order valence-electron chi connectivity index (χ1n) is 9.15. The van der Waals surface area contributed by atoms with Crippen LogP contribution < -0.4 is 4.31 Å². The first-order valence-corrected chi connectivity index (χ1v) is 11.4. The normalized spacial score (nSPS) is 14.7. The lowest BCUT2D eigenvalue weighted by atomic mass is 10.2. The van der Waals surface area contributed by atoms with Gasteiger partial charge in [-0.3, -0.25) is 9.10 Å². The van der Waals surface area contributed by atoms with E-state index in [9.17, 15) is 18.0 Å². The summed E-state index contributed by atoms with van der Waals surface area (Å²) >= 11 is 5.96. The average Bonchev–Trinajstić information content (AvgIpc) is 2.64. The fourth-order valence-electron chi connectivity index (χ4n) is 3.00. The second-order valence-electron chi connectivity index (χ2n) is 6.49. The molecule has 1 aromatic rings. The molecule has 0 N–H and O–H groups in total. The van der Waals surface area contributed by atoms with E-state index in [4.69, 9.17) is 16.3 Å². The molecular formula is C18H26ClN3O5S. The van der Waals surface area contributed by atoms with Crippen molar-refractivity contribution in [3.05, 3.63) is 29.3 Å². The summed E-state index contributed by atoms with van der Waals surface area (Å²) < 4.78 is 30.4. The Morgan fingerprint density at radius 2 is 1.82 bits per heavy atom. The molecule has 28 heavy (non-hydrogen) atoms. The Bertz CT molecular complexity index is 794. The van der Waals surface area contributed by atoms with Gasteiger partial charge in [-0.15, -0.1) is 0 Å². The molecule has 156 valence electrons. The van der Waals surface area contributed by atoms with E-state index in [0.29, 0.717) is 49.9 Å². The van der Waals surface area contributed by atoms with Crippen LogP contribution in [0.2, 0.25) is 5.02 Å². The quantitative estimate of drug-likeness (QED) is 0.660. The van der Waals surface area contributed by atoms with Gasteiger partial charge in [-0.25, -0.2) is 13.2 Å². The summed E-state index contributed by atoms with van der Waals surface area (Å²) in [5.74, 6) is -0.0527. The van der Waals surface area contributed by atoms with Gasteiger partial charge >= 0.3 is 6.09 Å². The largest absolute Gasteiger partial charge is 0.450 e. The van der Waals surface area contributed by atoms with Crippen LogP contribution in [0.5, 0.6) is 0 Å². The third-order valence-corrected chi connectivity index (χ3v) is 5.84. The number of hydrogen-bond acceptors (Lipinski definition) is 5. The van der Waals surface area contributed by atoms with Crippen molar-refractivity contribution in [2.24, 2.45) is 0 Å². The molecule has 0 spiro atoms. The van der Waals surface area contributed by atoms with Crippen LogP contribution in [0.3, 0.4) is 0 Å². The third-order valence-electron chi connectivity index (χ3n) is 4.41. The molecule has 0 unspecified atom stereocenters. The average molecular weight is 432 g/mol. The Labute approximate surface area is 171 Å². The summed E-state index contributed by atoms with van der Waals surface area (Å²) in [5.41, 5.74) is 0.477. The van der Waals surface area contributed by atoms with Gasteiger partial charge in [0.1, 0.15) is 0 Å². The van der Waals surface area contributed by atoms with Gasteiger partial charge in [0, 0.05) is 44.2 Å². The van der Waals surface area contributed by atoms with Crippen molar-refractivity contribution >= 4 is 39.3 Å². The van der Waals surface area contributed by atoms with Gasteiger partial charge in [-0.1, -0.05) is 17.7 Å². The zero-order valence-corrected chi connectivity index (χ0v) is 17.7. The molecule has 0 aliphatic carbocycles. The number of halogens is 1. The lowest BCUT2D eigenvalue weighted by Gasteiger charge is -2.34. The Kier molecular flexibility index (Phi) is 7.94. The highest BCUT2D eigenvalue weighted by molar-refractivity contribution is 7.92. The summed E-state index contributed by atoms with van der Waals surface area (Å²) in [5, 5.41) is 0.446. The third kappa shape index (κ3) is 6.27. The molecule has 1 aliphatic rings. The number of carbonyl (C=O) groups is 2. The van der Waals surface area contributed by atoms with E-state index in [0.717, 1.165) is 6.26 Å². The van der Waals surface area contributed by atoms with E-state index < -0.39 is 10.0 Å². The van der Waals surface area contributed by atoms with Gasteiger partial charge in [0.25, 0.3) is 0 Å². The molecule has 8 nitrogen and oxygen atoms in total. The van der Waals surface area contributed by atoms with Crippen LogP contribution in [-0.2, 0) is 19.6 Å². The number of anilines is 1. The Balaban J connectivity index is 1.86. The van der Waals surface area contributed by atoms with Crippen LogP contribution in [0.25, 0.3) is 0 Å². The van der Waals surface area contributed by atoms with E-state index in [1.54, 1.807) is 41.0 Å². The molecule has 2 amide bonds. The van der Waals surface area contributed by atoms with Crippen molar-refractivity contribution in [2.45, 2.75) is 19.8 Å². The van der Waals surface area contributed by atoms with Gasteiger partial charge in [-0.05, 0) is 31.5 Å². The summed E-state index contributed by atoms with van der Waals surface area (Å²) in [6.07, 6.45) is 1.38. The monoisotopic (exact) mass is 431 g/mol. The number of nitrogens with zero attached hydrogens (tertiary/aromatic N) is 3. The van der Waals surface area contributed by atoms with E-state index in [1.165, 1.54) is 4.31 Å². The number of carbonyl (C=O) groups excluding carboxylic acids is 2. The minimum absolute atomic E-state index is 0.0527. The van der Waals surface area contributed by atoms with Crippen molar-refractivity contribution in [1.29, 1.82) is 0 Å². The summed E-state index contributed by atoms with van der Waals surface area (Å²) in [6, 6.07) is 6.61. The first-order chi connectivity index (χ1) is 13.2. The zero-order chi connectivity index (χ0) is 20.7. The van der Waals surface area contributed by atoms with Gasteiger partial charge in [0.05, 0.1) is 18.6 Å². The van der Waals surface area contributed by atoms with Gasteiger partial charge in [0.2, 0.25) is 15.9 Å². The predicted molar refractivity (Wildman–Crippen MR) is 108 cm³/mol. The fraction of sp³-hybridized carbons (Fsp3) is 0.556. The minimum atomic E-state index is -3.49. The summed E-state index contributed by atoms with van der Waals surface area (Å²) in [7, 11) is -3.49. The Morgan fingerprint density at radius 1 is 1.18 bits per heavy atom. The molecule has 1 aliphatic heterocycles. The Hall–Kier alpha value is -2.00. The molecular weight excluding hydrogens is 406 g/mol. The number of amides is 2. The smallest absolute Gasteiger partial charge is 0.409 e. The molecule has 1 heterocycles. The van der Waals surface area contributed by atoms with Crippen molar-refractivity contribution in [2.75, 3.05) is 49.9 Å². The molecule has 0 bridgehead atoms. The van der Waals surface area contributed by atoms with Crippen molar-refractivity contribution in [1.82, 2.24) is 9.80 Å². The molecule has 0 atom stereocenters.